The first-order valence-corrected chi connectivity index (χ1v) is 6.51. The fourth-order valence-electron chi connectivity index (χ4n) is 2.19. The van der Waals surface area contributed by atoms with Gasteiger partial charge in [0.05, 0.1) is 0 Å². The quantitative estimate of drug-likeness (QED) is 0.797. The molecule has 0 aromatic carbocycles. The molecular formula is C12H19F2N3O. The molecule has 1 saturated carbocycles. The van der Waals surface area contributed by atoms with Crippen molar-refractivity contribution in [2.45, 2.75) is 50.9 Å². The Balaban J connectivity index is 1.83. The highest BCUT2D eigenvalue weighted by molar-refractivity contribution is 4.99. The van der Waals surface area contributed by atoms with Gasteiger partial charge in [0.1, 0.15) is 0 Å². The number of nitrogens with zero attached hydrogens (tertiary/aromatic N) is 2. The minimum atomic E-state index is -2.57. The van der Waals surface area contributed by atoms with E-state index in [0.29, 0.717) is 24.6 Å². The lowest BCUT2D eigenvalue weighted by Gasteiger charge is -2.06. The standard InChI is InChI=1S/C12H19F2N3O/c1-2-6-15-7-4-10-16-17-11(18-10)9-3-5-12(13,14)8-9/h9,15H,2-8H2,1H3. The van der Waals surface area contributed by atoms with E-state index in [0.717, 1.165) is 19.5 Å². The van der Waals surface area contributed by atoms with Crippen molar-refractivity contribution in [1.82, 2.24) is 15.5 Å². The number of hydrogen-bond acceptors (Lipinski definition) is 4. The van der Waals surface area contributed by atoms with Crippen LogP contribution >= 0.6 is 0 Å². The second kappa shape index (κ2) is 5.73. The molecule has 4 nitrogen and oxygen atoms in total. The van der Waals surface area contributed by atoms with Crippen LogP contribution in [0.2, 0.25) is 0 Å². The Morgan fingerprint density at radius 1 is 1.39 bits per heavy atom. The predicted molar refractivity (Wildman–Crippen MR) is 62.7 cm³/mol. The van der Waals surface area contributed by atoms with Gasteiger partial charge in [0.25, 0.3) is 0 Å². The molecule has 6 heteroatoms. The van der Waals surface area contributed by atoms with Crippen LogP contribution in [0, 0.1) is 0 Å². The molecule has 1 atom stereocenters. The number of halogens is 2. The summed E-state index contributed by atoms with van der Waals surface area (Å²) >= 11 is 0. The highest BCUT2D eigenvalue weighted by Crippen LogP contribution is 2.43. The van der Waals surface area contributed by atoms with E-state index in [1.807, 2.05) is 0 Å². The van der Waals surface area contributed by atoms with Crippen molar-refractivity contribution in [3.63, 3.8) is 0 Å². The van der Waals surface area contributed by atoms with Crippen LogP contribution in [0.3, 0.4) is 0 Å². The summed E-state index contributed by atoms with van der Waals surface area (Å²) in [5.74, 6) is -1.94. The van der Waals surface area contributed by atoms with Gasteiger partial charge >= 0.3 is 0 Å². The van der Waals surface area contributed by atoms with E-state index in [4.69, 9.17) is 4.42 Å². The van der Waals surface area contributed by atoms with Gasteiger partial charge in [-0.05, 0) is 19.4 Å². The molecule has 0 saturated heterocycles. The van der Waals surface area contributed by atoms with Gasteiger partial charge in [0, 0.05) is 31.7 Å². The Kier molecular flexibility index (Phi) is 4.27. The fraction of sp³-hybridized carbons (Fsp3) is 0.833. The maximum absolute atomic E-state index is 13.1. The van der Waals surface area contributed by atoms with Gasteiger partial charge in [-0.3, -0.25) is 0 Å². The monoisotopic (exact) mass is 259 g/mol. The third-order valence-electron chi connectivity index (χ3n) is 3.18. The zero-order valence-corrected chi connectivity index (χ0v) is 10.6. The molecule has 1 N–H and O–H groups in total. The molecule has 102 valence electrons. The first kappa shape index (κ1) is 13.4. The Labute approximate surface area is 105 Å². The first-order chi connectivity index (χ1) is 8.61. The van der Waals surface area contributed by atoms with Crippen molar-refractivity contribution in [3.8, 4) is 0 Å². The average molecular weight is 259 g/mol. The van der Waals surface area contributed by atoms with Crippen molar-refractivity contribution >= 4 is 0 Å². The first-order valence-electron chi connectivity index (χ1n) is 6.51. The van der Waals surface area contributed by atoms with Gasteiger partial charge in [-0.15, -0.1) is 10.2 Å². The Hall–Kier alpha value is -1.04. The van der Waals surface area contributed by atoms with Crippen molar-refractivity contribution < 1.29 is 13.2 Å². The number of rotatable bonds is 6. The smallest absolute Gasteiger partial charge is 0.248 e. The molecule has 1 unspecified atom stereocenters. The molecule has 0 amide bonds. The van der Waals surface area contributed by atoms with Gasteiger partial charge in [-0.25, -0.2) is 8.78 Å². The summed E-state index contributed by atoms with van der Waals surface area (Å²) in [6, 6.07) is 0. The molecule has 2 rings (SSSR count). The lowest BCUT2D eigenvalue weighted by atomic mass is 10.1. The third kappa shape index (κ3) is 3.48. The average Bonchev–Trinajstić information content (AvgIpc) is 2.91. The third-order valence-corrected chi connectivity index (χ3v) is 3.18. The SMILES string of the molecule is CCCNCCc1nnc(C2CCC(F)(F)C2)o1. The molecule has 0 radical (unpaired) electrons. The zero-order chi connectivity index (χ0) is 13.0. The van der Waals surface area contributed by atoms with E-state index >= 15 is 0 Å². The number of alkyl halides is 2. The topological polar surface area (TPSA) is 51.0 Å². The molecule has 18 heavy (non-hydrogen) atoms. The Bertz CT molecular complexity index is 381. The molecule has 1 heterocycles. The lowest BCUT2D eigenvalue weighted by Crippen LogP contribution is -2.17. The number of aromatic nitrogens is 2. The zero-order valence-electron chi connectivity index (χ0n) is 10.6. The highest BCUT2D eigenvalue weighted by atomic mass is 19.3. The minimum Gasteiger partial charge on any atom is -0.425 e. The second-order valence-electron chi connectivity index (χ2n) is 4.83. The summed E-state index contributed by atoms with van der Waals surface area (Å²) in [6.45, 7) is 3.82. The molecule has 1 aliphatic carbocycles. The molecule has 0 bridgehead atoms. The van der Waals surface area contributed by atoms with Crippen molar-refractivity contribution in [1.29, 1.82) is 0 Å². The Morgan fingerprint density at radius 3 is 2.89 bits per heavy atom. The van der Waals surface area contributed by atoms with E-state index < -0.39 is 5.92 Å². The van der Waals surface area contributed by atoms with Crippen molar-refractivity contribution in [2.24, 2.45) is 0 Å². The lowest BCUT2D eigenvalue weighted by molar-refractivity contribution is 0.00701. The summed E-state index contributed by atoms with van der Waals surface area (Å²) in [5, 5.41) is 11.0. The summed E-state index contributed by atoms with van der Waals surface area (Å²) in [7, 11) is 0. The largest absolute Gasteiger partial charge is 0.425 e. The normalized spacial score (nSPS) is 22.5. The van der Waals surface area contributed by atoms with Crippen LogP contribution in [0.1, 0.15) is 50.3 Å². The minimum absolute atomic E-state index is 0.0760. The summed E-state index contributed by atoms with van der Waals surface area (Å²) in [6.07, 6.45) is 1.92. The molecule has 0 spiro atoms. The summed E-state index contributed by atoms with van der Waals surface area (Å²) in [4.78, 5) is 0. The summed E-state index contributed by atoms with van der Waals surface area (Å²) < 4.78 is 31.6. The van der Waals surface area contributed by atoms with E-state index in [9.17, 15) is 8.78 Å². The van der Waals surface area contributed by atoms with Gasteiger partial charge in [-0.1, -0.05) is 6.92 Å². The van der Waals surface area contributed by atoms with Crippen LogP contribution in [-0.2, 0) is 6.42 Å². The van der Waals surface area contributed by atoms with Crippen molar-refractivity contribution in [2.75, 3.05) is 13.1 Å². The van der Waals surface area contributed by atoms with E-state index in [-0.39, 0.29) is 18.8 Å². The van der Waals surface area contributed by atoms with Crippen LogP contribution in [0.5, 0.6) is 0 Å². The van der Waals surface area contributed by atoms with Crippen LogP contribution < -0.4 is 5.32 Å². The van der Waals surface area contributed by atoms with Gasteiger partial charge in [-0.2, -0.15) is 0 Å². The Morgan fingerprint density at radius 2 is 2.22 bits per heavy atom. The number of nitrogens with one attached hydrogen (secondary N) is 1. The van der Waals surface area contributed by atoms with Crippen LogP contribution in [0.15, 0.2) is 4.42 Å². The summed E-state index contributed by atoms with van der Waals surface area (Å²) in [5.41, 5.74) is 0. The van der Waals surface area contributed by atoms with Crippen molar-refractivity contribution in [3.05, 3.63) is 11.8 Å². The maximum atomic E-state index is 13.1. The van der Waals surface area contributed by atoms with E-state index in [2.05, 4.69) is 22.4 Å². The molecule has 1 aromatic rings. The van der Waals surface area contributed by atoms with Crippen LogP contribution in [0.25, 0.3) is 0 Å². The van der Waals surface area contributed by atoms with E-state index in [1.165, 1.54) is 0 Å². The molecule has 0 aliphatic heterocycles. The van der Waals surface area contributed by atoms with Crippen LogP contribution in [0.4, 0.5) is 8.78 Å². The van der Waals surface area contributed by atoms with Gasteiger partial charge in [0.2, 0.25) is 17.7 Å². The van der Waals surface area contributed by atoms with Crippen LogP contribution in [-0.4, -0.2) is 29.2 Å². The molecule has 1 aliphatic rings. The maximum Gasteiger partial charge on any atom is 0.248 e. The highest BCUT2D eigenvalue weighted by Gasteiger charge is 2.42. The van der Waals surface area contributed by atoms with Gasteiger partial charge in [0.15, 0.2) is 0 Å². The van der Waals surface area contributed by atoms with E-state index in [1.54, 1.807) is 0 Å². The predicted octanol–water partition coefficient (Wildman–Crippen LogP) is 2.51. The molecular weight excluding hydrogens is 240 g/mol. The van der Waals surface area contributed by atoms with Gasteiger partial charge < -0.3 is 9.73 Å². The second-order valence-corrected chi connectivity index (χ2v) is 4.83. The number of hydrogen-bond donors (Lipinski definition) is 1. The fourth-order valence-corrected chi connectivity index (χ4v) is 2.19. The molecule has 1 aromatic heterocycles. The molecule has 1 fully saturated rings.